The van der Waals surface area contributed by atoms with Crippen molar-refractivity contribution in [1.82, 2.24) is 15.5 Å². The van der Waals surface area contributed by atoms with Gasteiger partial charge in [-0.3, -0.25) is 4.90 Å². The number of hydrogen-bond acceptors (Lipinski definition) is 3. The van der Waals surface area contributed by atoms with Crippen molar-refractivity contribution >= 4 is 29.9 Å². The van der Waals surface area contributed by atoms with Gasteiger partial charge >= 0.3 is 0 Å². The topological polar surface area (TPSA) is 48.9 Å². The number of ether oxygens (including phenoxy) is 1. The number of hydrogen-bond donors (Lipinski definition) is 2. The van der Waals surface area contributed by atoms with Gasteiger partial charge in [-0.05, 0) is 30.2 Å². The van der Waals surface area contributed by atoms with Crippen molar-refractivity contribution in [2.24, 2.45) is 4.99 Å². The van der Waals surface area contributed by atoms with Crippen LogP contribution in [0.4, 0.5) is 4.39 Å². The second-order valence-electron chi connectivity index (χ2n) is 6.78. The van der Waals surface area contributed by atoms with Gasteiger partial charge in [0.1, 0.15) is 5.82 Å². The van der Waals surface area contributed by atoms with Crippen LogP contribution in [0.3, 0.4) is 0 Å². The maximum atomic E-state index is 13.4. The molecule has 0 saturated carbocycles. The Bertz CT molecular complexity index is 736. The summed E-state index contributed by atoms with van der Waals surface area (Å²) >= 11 is 0. The maximum absolute atomic E-state index is 13.4. The second kappa shape index (κ2) is 12.8. The Hall–Kier alpha value is -1.71. The van der Waals surface area contributed by atoms with Gasteiger partial charge in [-0.2, -0.15) is 0 Å². The quantitative estimate of drug-likeness (QED) is 0.339. The summed E-state index contributed by atoms with van der Waals surface area (Å²) in [7, 11) is 0. The molecule has 1 saturated heterocycles. The average Bonchev–Trinajstić information content (AvgIpc) is 2.75. The van der Waals surface area contributed by atoms with Crippen molar-refractivity contribution in [2.45, 2.75) is 19.5 Å². The third-order valence-electron chi connectivity index (χ3n) is 4.81. The second-order valence-corrected chi connectivity index (χ2v) is 6.78. The van der Waals surface area contributed by atoms with E-state index in [0.717, 1.165) is 44.4 Å². The molecule has 1 heterocycles. The first-order valence-corrected chi connectivity index (χ1v) is 9.89. The summed E-state index contributed by atoms with van der Waals surface area (Å²) in [6.45, 7) is 7.32. The standard InChI is InChI=1S/C22H29FN4O.HI/c1-2-24-22(25-16-18-6-4-3-5-7-18)26-17-21(27-12-14-28-15-13-27)19-8-10-20(23)11-9-19;/h3-11,21H,2,12-17H2,1H3,(H2,24,25,26);1H. The summed E-state index contributed by atoms with van der Waals surface area (Å²) in [5, 5.41) is 6.77. The van der Waals surface area contributed by atoms with Gasteiger partial charge in [0.15, 0.2) is 5.96 Å². The largest absolute Gasteiger partial charge is 0.379 e. The van der Waals surface area contributed by atoms with Crippen molar-refractivity contribution in [3.05, 3.63) is 71.5 Å². The van der Waals surface area contributed by atoms with Crippen molar-refractivity contribution < 1.29 is 9.13 Å². The van der Waals surface area contributed by atoms with Gasteiger partial charge in [0.25, 0.3) is 0 Å². The number of aliphatic imine (C=N–C) groups is 1. The fourth-order valence-corrected chi connectivity index (χ4v) is 3.32. The minimum atomic E-state index is -0.213. The van der Waals surface area contributed by atoms with Crippen molar-refractivity contribution in [1.29, 1.82) is 0 Å². The first kappa shape index (κ1) is 23.6. The molecule has 1 unspecified atom stereocenters. The maximum Gasteiger partial charge on any atom is 0.191 e. The minimum Gasteiger partial charge on any atom is -0.379 e. The van der Waals surface area contributed by atoms with Crippen LogP contribution in [0.25, 0.3) is 0 Å². The summed E-state index contributed by atoms with van der Waals surface area (Å²) < 4.78 is 18.9. The van der Waals surface area contributed by atoms with Crippen LogP contribution in [0, 0.1) is 5.82 Å². The zero-order chi connectivity index (χ0) is 19.6. The Kier molecular flexibility index (Phi) is 10.4. The van der Waals surface area contributed by atoms with Crippen molar-refractivity contribution in [3.8, 4) is 0 Å². The molecule has 7 heteroatoms. The van der Waals surface area contributed by atoms with E-state index in [-0.39, 0.29) is 35.8 Å². The van der Waals surface area contributed by atoms with Crippen molar-refractivity contribution in [3.63, 3.8) is 0 Å². The summed E-state index contributed by atoms with van der Waals surface area (Å²) in [6, 6.07) is 17.1. The van der Waals surface area contributed by atoms with Crippen LogP contribution < -0.4 is 10.6 Å². The number of rotatable bonds is 7. The van der Waals surface area contributed by atoms with Crippen LogP contribution in [-0.2, 0) is 11.3 Å². The van der Waals surface area contributed by atoms with Gasteiger partial charge < -0.3 is 15.4 Å². The molecular weight excluding hydrogens is 482 g/mol. The first-order valence-electron chi connectivity index (χ1n) is 9.89. The number of halogens is 2. The molecule has 2 N–H and O–H groups in total. The molecule has 1 atom stereocenters. The van der Waals surface area contributed by atoms with Gasteiger partial charge in [0.05, 0.1) is 25.8 Å². The molecule has 5 nitrogen and oxygen atoms in total. The van der Waals surface area contributed by atoms with Gasteiger partial charge in [-0.1, -0.05) is 42.5 Å². The summed E-state index contributed by atoms with van der Waals surface area (Å²) in [6.07, 6.45) is 0. The zero-order valence-electron chi connectivity index (χ0n) is 16.8. The van der Waals surface area contributed by atoms with Crippen LogP contribution in [0.2, 0.25) is 0 Å². The first-order chi connectivity index (χ1) is 13.8. The molecule has 1 aliphatic heterocycles. The Morgan fingerprint density at radius 3 is 2.41 bits per heavy atom. The molecule has 0 radical (unpaired) electrons. The van der Waals surface area contributed by atoms with E-state index in [1.54, 1.807) is 0 Å². The highest BCUT2D eigenvalue weighted by molar-refractivity contribution is 14.0. The van der Waals surface area contributed by atoms with E-state index < -0.39 is 0 Å². The van der Waals surface area contributed by atoms with E-state index in [4.69, 9.17) is 9.73 Å². The molecule has 0 aromatic heterocycles. The normalized spacial score (nSPS) is 16.0. The Labute approximate surface area is 189 Å². The Morgan fingerprint density at radius 2 is 1.76 bits per heavy atom. The lowest BCUT2D eigenvalue weighted by Gasteiger charge is -2.35. The van der Waals surface area contributed by atoms with Crippen LogP contribution in [0.15, 0.2) is 59.6 Å². The molecule has 158 valence electrons. The highest BCUT2D eigenvalue weighted by atomic mass is 127. The molecule has 0 bridgehead atoms. The van der Waals surface area contributed by atoms with E-state index in [0.29, 0.717) is 13.1 Å². The van der Waals surface area contributed by atoms with E-state index in [9.17, 15) is 4.39 Å². The number of morpholine rings is 1. The fraction of sp³-hybridized carbons (Fsp3) is 0.409. The van der Waals surface area contributed by atoms with E-state index >= 15 is 0 Å². The fourth-order valence-electron chi connectivity index (χ4n) is 3.32. The molecule has 2 aromatic carbocycles. The predicted octanol–water partition coefficient (Wildman–Crippen LogP) is 3.57. The molecular formula is C22H30FIN4O. The van der Waals surface area contributed by atoms with Gasteiger partial charge in [-0.15, -0.1) is 24.0 Å². The Balaban J connectivity index is 0.00000300. The molecule has 0 aliphatic carbocycles. The predicted molar refractivity (Wildman–Crippen MR) is 126 cm³/mol. The lowest BCUT2D eigenvalue weighted by molar-refractivity contribution is 0.0170. The molecule has 1 aliphatic rings. The molecule has 1 fully saturated rings. The smallest absolute Gasteiger partial charge is 0.191 e. The molecule has 0 amide bonds. The lowest BCUT2D eigenvalue weighted by atomic mass is 10.0. The van der Waals surface area contributed by atoms with Crippen LogP contribution in [-0.4, -0.2) is 50.3 Å². The highest BCUT2D eigenvalue weighted by Crippen LogP contribution is 2.21. The third kappa shape index (κ3) is 7.56. The molecule has 3 rings (SSSR count). The van der Waals surface area contributed by atoms with E-state index in [1.165, 1.54) is 17.7 Å². The summed E-state index contributed by atoms with van der Waals surface area (Å²) in [5.74, 6) is 0.571. The number of benzene rings is 2. The van der Waals surface area contributed by atoms with Crippen LogP contribution in [0.5, 0.6) is 0 Å². The Morgan fingerprint density at radius 1 is 1.07 bits per heavy atom. The van der Waals surface area contributed by atoms with Gasteiger partial charge in [0.2, 0.25) is 0 Å². The van der Waals surface area contributed by atoms with E-state index in [2.05, 4.69) is 34.6 Å². The average molecular weight is 512 g/mol. The van der Waals surface area contributed by atoms with E-state index in [1.807, 2.05) is 30.3 Å². The van der Waals surface area contributed by atoms with Crippen LogP contribution in [0.1, 0.15) is 24.1 Å². The zero-order valence-corrected chi connectivity index (χ0v) is 19.1. The summed E-state index contributed by atoms with van der Waals surface area (Å²) in [4.78, 5) is 7.08. The SMILES string of the molecule is CCNC(=NCc1ccccc1)NCC(c1ccc(F)cc1)N1CCOCC1.I. The lowest BCUT2D eigenvalue weighted by Crippen LogP contribution is -2.46. The van der Waals surface area contributed by atoms with Crippen molar-refractivity contribution in [2.75, 3.05) is 39.4 Å². The van der Waals surface area contributed by atoms with Gasteiger partial charge in [-0.25, -0.2) is 9.38 Å². The number of guanidine groups is 1. The minimum absolute atomic E-state index is 0. The highest BCUT2D eigenvalue weighted by Gasteiger charge is 2.23. The number of nitrogens with zero attached hydrogens (tertiary/aromatic N) is 2. The summed E-state index contributed by atoms with van der Waals surface area (Å²) in [5.41, 5.74) is 2.26. The molecule has 0 spiro atoms. The molecule has 2 aromatic rings. The van der Waals surface area contributed by atoms with Crippen LogP contribution >= 0.6 is 24.0 Å². The number of nitrogens with one attached hydrogen (secondary N) is 2. The van der Waals surface area contributed by atoms with Gasteiger partial charge in [0, 0.05) is 26.2 Å². The third-order valence-corrected chi connectivity index (χ3v) is 4.81. The molecule has 29 heavy (non-hydrogen) atoms. The monoisotopic (exact) mass is 512 g/mol.